The molecule has 3 heterocycles. The van der Waals surface area contributed by atoms with E-state index in [0.717, 1.165) is 18.6 Å². The van der Waals surface area contributed by atoms with Crippen molar-refractivity contribution >= 4 is 11.8 Å². The Kier molecular flexibility index (Phi) is 4.09. The van der Waals surface area contributed by atoms with E-state index >= 15 is 0 Å². The molecule has 0 radical (unpaired) electrons. The highest BCUT2D eigenvalue weighted by molar-refractivity contribution is 5.96. The molecule has 1 N–H and O–H groups in total. The number of amides is 2. The average Bonchev–Trinajstić information content (AvgIpc) is 3.04. The van der Waals surface area contributed by atoms with Gasteiger partial charge in [-0.25, -0.2) is 0 Å². The van der Waals surface area contributed by atoms with Gasteiger partial charge in [-0.15, -0.1) is 0 Å². The van der Waals surface area contributed by atoms with Crippen LogP contribution in [-0.4, -0.2) is 41.0 Å². The van der Waals surface area contributed by atoms with Crippen molar-refractivity contribution < 1.29 is 18.5 Å². The zero-order valence-corrected chi connectivity index (χ0v) is 15.2. The van der Waals surface area contributed by atoms with Crippen LogP contribution in [0.1, 0.15) is 51.0 Å². The van der Waals surface area contributed by atoms with Crippen molar-refractivity contribution in [3.8, 4) is 0 Å². The van der Waals surface area contributed by atoms with E-state index in [-0.39, 0.29) is 29.5 Å². The summed E-state index contributed by atoms with van der Waals surface area (Å²) < 4.78 is 10.5. The SMILES string of the molecule is Cc1cc(C(=O)N[C@@H]2CN(C(=O)c3cc(C)oc3C)C[C@H]2C2CC2)no1. The van der Waals surface area contributed by atoms with Crippen LogP contribution in [0.2, 0.25) is 0 Å². The number of hydrogen-bond acceptors (Lipinski definition) is 5. The van der Waals surface area contributed by atoms with Gasteiger partial charge in [-0.2, -0.15) is 0 Å². The van der Waals surface area contributed by atoms with Gasteiger partial charge < -0.3 is 19.2 Å². The van der Waals surface area contributed by atoms with Crippen LogP contribution < -0.4 is 5.32 Å². The van der Waals surface area contributed by atoms with Crippen molar-refractivity contribution in [3.05, 3.63) is 40.7 Å². The van der Waals surface area contributed by atoms with Crippen LogP contribution in [0.15, 0.2) is 21.1 Å². The molecule has 2 aromatic rings. The number of aryl methyl sites for hydroxylation is 3. The van der Waals surface area contributed by atoms with Crippen molar-refractivity contribution in [2.45, 2.75) is 39.7 Å². The van der Waals surface area contributed by atoms with Crippen LogP contribution in [0.4, 0.5) is 0 Å². The molecule has 1 aliphatic heterocycles. The lowest BCUT2D eigenvalue weighted by Crippen LogP contribution is -2.41. The lowest BCUT2D eigenvalue weighted by Gasteiger charge is -2.18. The maximum Gasteiger partial charge on any atom is 0.273 e. The summed E-state index contributed by atoms with van der Waals surface area (Å²) >= 11 is 0. The molecule has 2 atom stereocenters. The van der Waals surface area contributed by atoms with Gasteiger partial charge in [-0.05, 0) is 45.6 Å². The normalized spacial score (nSPS) is 22.7. The average molecular weight is 357 g/mol. The van der Waals surface area contributed by atoms with Crippen LogP contribution in [0.25, 0.3) is 0 Å². The molecule has 1 saturated heterocycles. The van der Waals surface area contributed by atoms with Crippen LogP contribution in [-0.2, 0) is 0 Å². The van der Waals surface area contributed by atoms with Crippen LogP contribution >= 0.6 is 0 Å². The molecule has 138 valence electrons. The lowest BCUT2D eigenvalue weighted by molar-refractivity contribution is 0.0778. The van der Waals surface area contributed by atoms with E-state index in [2.05, 4.69) is 10.5 Å². The minimum absolute atomic E-state index is 0.0287. The summed E-state index contributed by atoms with van der Waals surface area (Å²) in [5.74, 6) is 2.55. The molecular formula is C19H23N3O4. The minimum Gasteiger partial charge on any atom is -0.466 e. The monoisotopic (exact) mass is 357 g/mol. The van der Waals surface area contributed by atoms with Crippen molar-refractivity contribution in [1.82, 2.24) is 15.4 Å². The van der Waals surface area contributed by atoms with Gasteiger partial charge in [-0.3, -0.25) is 9.59 Å². The van der Waals surface area contributed by atoms with E-state index in [4.69, 9.17) is 8.94 Å². The largest absolute Gasteiger partial charge is 0.466 e. The van der Waals surface area contributed by atoms with E-state index in [1.165, 1.54) is 0 Å². The van der Waals surface area contributed by atoms with Gasteiger partial charge in [0.1, 0.15) is 17.3 Å². The highest BCUT2D eigenvalue weighted by Crippen LogP contribution is 2.42. The topological polar surface area (TPSA) is 88.6 Å². The number of carbonyl (C=O) groups excluding carboxylic acids is 2. The van der Waals surface area contributed by atoms with Gasteiger partial charge in [0, 0.05) is 25.1 Å². The molecule has 7 nitrogen and oxygen atoms in total. The minimum atomic E-state index is -0.248. The van der Waals surface area contributed by atoms with Gasteiger partial charge in [-0.1, -0.05) is 5.16 Å². The van der Waals surface area contributed by atoms with E-state index in [0.29, 0.717) is 36.1 Å². The smallest absolute Gasteiger partial charge is 0.273 e. The third-order valence-electron chi connectivity index (χ3n) is 5.33. The number of hydrogen-bond donors (Lipinski definition) is 1. The van der Waals surface area contributed by atoms with Crippen molar-refractivity contribution in [1.29, 1.82) is 0 Å². The van der Waals surface area contributed by atoms with Crippen molar-refractivity contribution in [3.63, 3.8) is 0 Å². The summed E-state index contributed by atoms with van der Waals surface area (Å²) in [6.07, 6.45) is 2.32. The molecule has 0 unspecified atom stereocenters. The Morgan fingerprint density at radius 2 is 1.92 bits per heavy atom. The highest BCUT2D eigenvalue weighted by Gasteiger charge is 2.45. The Morgan fingerprint density at radius 3 is 2.50 bits per heavy atom. The summed E-state index contributed by atoms with van der Waals surface area (Å²) in [5.41, 5.74) is 0.888. The Labute approximate surface area is 151 Å². The summed E-state index contributed by atoms with van der Waals surface area (Å²) in [6.45, 7) is 6.56. The predicted octanol–water partition coefficient (Wildman–Crippen LogP) is 2.47. The molecule has 7 heteroatoms. The van der Waals surface area contributed by atoms with Gasteiger partial charge >= 0.3 is 0 Å². The fraction of sp³-hybridized carbons (Fsp3) is 0.526. The number of aromatic nitrogens is 1. The first-order valence-corrected chi connectivity index (χ1v) is 9.03. The van der Waals surface area contributed by atoms with Gasteiger partial charge in [0.15, 0.2) is 5.69 Å². The summed E-state index contributed by atoms with van der Waals surface area (Å²) in [6, 6.07) is 3.34. The Hall–Kier alpha value is -2.57. The van der Waals surface area contributed by atoms with Gasteiger partial charge in [0.25, 0.3) is 11.8 Å². The zero-order valence-electron chi connectivity index (χ0n) is 15.2. The number of nitrogens with one attached hydrogen (secondary N) is 1. The highest BCUT2D eigenvalue weighted by atomic mass is 16.5. The molecule has 4 rings (SSSR count). The predicted molar refractivity (Wildman–Crippen MR) is 92.8 cm³/mol. The molecule has 2 amide bonds. The number of likely N-dealkylation sites (tertiary alicyclic amines) is 1. The summed E-state index contributed by atoms with van der Waals surface area (Å²) in [5, 5.41) is 6.84. The third kappa shape index (κ3) is 3.13. The lowest BCUT2D eigenvalue weighted by atomic mass is 9.98. The fourth-order valence-electron chi connectivity index (χ4n) is 3.88. The maximum absolute atomic E-state index is 12.9. The summed E-state index contributed by atoms with van der Waals surface area (Å²) in [4.78, 5) is 27.2. The molecule has 0 bridgehead atoms. The fourth-order valence-corrected chi connectivity index (χ4v) is 3.88. The molecule has 0 spiro atoms. The second kappa shape index (κ2) is 6.30. The standard InChI is InChI=1S/C19H23N3O4/c1-10-6-14(12(3)25-10)19(24)22-8-15(13-4-5-13)17(9-22)20-18(23)16-7-11(2)26-21-16/h6-7,13,15,17H,4-5,8-9H2,1-3H3,(H,20,23)/t15-,17+/m0/s1. The first kappa shape index (κ1) is 16.9. The number of furan rings is 1. The first-order chi connectivity index (χ1) is 12.4. The maximum atomic E-state index is 12.9. The molecule has 2 aromatic heterocycles. The first-order valence-electron chi connectivity index (χ1n) is 9.03. The van der Waals surface area contributed by atoms with Crippen LogP contribution in [0.3, 0.4) is 0 Å². The Bertz CT molecular complexity index is 849. The number of carbonyl (C=O) groups is 2. The molecule has 1 aliphatic carbocycles. The van der Waals surface area contributed by atoms with E-state index < -0.39 is 0 Å². The molecule has 26 heavy (non-hydrogen) atoms. The number of nitrogens with zero attached hydrogens (tertiary/aromatic N) is 2. The van der Waals surface area contributed by atoms with E-state index in [1.54, 1.807) is 26.0 Å². The van der Waals surface area contributed by atoms with E-state index in [9.17, 15) is 9.59 Å². The molecule has 2 fully saturated rings. The zero-order chi connectivity index (χ0) is 18.4. The van der Waals surface area contributed by atoms with Gasteiger partial charge in [0.2, 0.25) is 0 Å². The molecule has 1 saturated carbocycles. The Morgan fingerprint density at radius 1 is 1.15 bits per heavy atom. The summed E-state index contributed by atoms with van der Waals surface area (Å²) in [7, 11) is 0. The quantitative estimate of drug-likeness (QED) is 0.908. The second-order valence-corrected chi connectivity index (χ2v) is 7.44. The van der Waals surface area contributed by atoms with Crippen LogP contribution in [0.5, 0.6) is 0 Å². The van der Waals surface area contributed by atoms with E-state index in [1.807, 2.05) is 11.8 Å². The van der Waals surface area contributed by atoms with Gasteiger partial charge in [0.05, 0.1) is 11.6 Å². The second-order valence-electron chi connectivity index (χ2n) is 7.44. The third-order valence-corrected chi connectivity index (χ3v) is 5.33. The number of rotatable bonds is 4. The van der Waals surface area contributed by atoms with Crippen molar-refractivity contribution in [2.75, 3.05) is 13.1 Å². The molecular weight excluding hydrogens is 334 g/mol. The molecule has 0 aromatic carbocycles. The Balaban J connectivity index is 1.49. The van der Waals surface area contributed by atoms with Crippen LogP contribution in [0, 0.1) is 32.6 Å². The van der Waals surface area contributed by atoms with Crippen molar-refractivity contribution in [2.24, 2.45) is 11.8 Å². The molecule has 2 aliphatic rings.